The fourth-order valence-corrected chi connectivity index (χ4v) is 2.31. The number of nitrogens with zero attached hydrogens (tertiary/aromatic N) is 1. The van der Waals surface area contributed by atoms with Crippen molar-refractivity contribution in [2.45, 2.75) is 18.9 Å². The standard InChI is InChI=1S/C18H15F2N3O2/c19-14-5-4-12(7-15(14)20)9-17(24)23-16(18(22)25)8-11-2-1-3-13(6-11)10-21/h1-7,16H,8-9H2,(H2,22,25)(H,23,24)/t16-/m0/s1. The van der Waals surface area contributed by atoms with Crippen LogP contribution < -0.4 is 11.1 Å². The second-order valence-corrected chi connectivity index (χ2v) is 5.46. The molecule has 2 aromatic rings. The number of amides is 2. The Bertz CT molecular complexity index is 846. The highest BCUT2D eigenvalue weighted by Crippen LogP contribution is 2.10. The molecule has 1 atom stereocenters. The van der Waals surface area contributed by atoms with E-state index in [1.165, 1.54) is 6.07 Å². The normalized spacial score (nSPS) is 11.4. The summed E-state index contributed by atoms with van der Waals surface area (Å²) in [6, 6.07) is 10.7. The Balaban J connectivity index is 2.05. The van der Waals surface area contributed by atoms with Gasteiger partial charge in [0.2, 0.25) is 11.8 Å². The predicted molar refractivity (Wildman–Crippen MR) is 86.0 cm³/mol. The van der Waals surface area contributed by atoms with E-state index in [0.29, 0.717) is 11.1 Å². The largest absolute Gasteiger partial charge is 0.368 e. The van der Waals surface area contributed by atoms with Crippen LogP contribution in [-0.2, 0) is 22.4 Å². The van der Waals surface area contributed by atoms with Crippen molar-refractivity contribution in [3.05, 3.63) is 70.8 Å². The Morgan fingerprint density at radius 1 is 1.12 bits per heavy atom. The molecule has 0 aliphatic carbocycles. The molecule has 0 radical (unpaired) electrons. The molecule has 5 nitrogen and oxygen atoms in total. The molecule has 0 aliphatic rings. The van der Waals surface area contributed by atoms with Crippen LogP contribution in [-0.4, -0.2) is 17.9 Å². The van der Waals surface area contributed by atoms with E-state index >= 15 is 0 Å². The summed E-state index contributed by atoms with van der Waals surface area (Å²) in [6.45, 7) is 0. The summed E-state index contributed by atoms with van der Waals surface area (Å²) in [5.41, 5.74) is 6.67. The van der Waals surface area contributed by atoms with Crippen LogP contribution in [0.15, 0.2) is 42.5 Å². The van der Waals surface area contributed by atoms with E-state index in [2.05, 4.69) is 5.32 Å². The first-order chi connectivity index (χ1) is 11.9. The van der Waals surface area contributed by atoms with Crippen molar-refractivity contribution in [2.24, 2.45) is 5.73 Å². The van der Waals surface area contributed by atoms with Crippen molar-refractivity contribution in [3.8, 4) is 6.07 Å². The van der Waals surface area contributed by atoms with Gasteiger partial charge in [0, 0.05) is 6.42 Å². The molecular formula is C18H15F2N3O2. The topological polar surface area (TPSA) is 96.0 Å². The van der Waals surface area contributed by atoms with Gasteiger partial charge in [-0.1, -0.05) is 18.2 Å². The first kappa shape index (κ1) is 18.1. The molecule has 2 amide bonds. The lowest BCUT2D eigenvalue weighted by Gasteiger charge is -2.16. The average Bonchev–Trinajstić information content (AvgIpc) is 2.57. The van der Waals surface area contributed by atoms with Gasteiger partial charge in [0.1, 0.15) is 6.04 Å². The third-order valence-corrected chi connectivity index (χ3v) is 3.52. The molecule has 3 N–H and O–H groups in total. The van der Waals surface area contributed by atoms with Crippen LogP contribution in [0, 0.1) is 23.0 Å². The first-order valence-electron chi connectivity index (χ1n) is 7.40. The van der Waals surface area contributed by atoms with Gasteiger partial charge in [0.15, 0.2) is 11.6 Å². The summed E-state index contributed by atoms with van der Waals surface area (Å²) in [5, 5.41) is 11.4. The molecule has 2 aromatic carbocycles. The van der Waals surface area contributed by atoms with Gasteiger partial charge in [0.05, 0.1) is 18.1 Å². The van der Waals surface area contributed by atoms with E-state index in [9.17, 15) is 18.4 Å². The highest BCUT2D eigenvalue weighted by atomic mass is 19.2. The number of hydrogen-bond donors (Lipinski definition) is 2. The number of benzene rings is 2. The highest BCUT2D eigenvalue weighted by molar-refractivity contribution is 5.87. The van der Waals surface area contributed by atoms with Gasteiger partial charge in [-0.15, -0.1) is 0 Å². The Labute approximate surface area is 143 Å². The lowest BCUT2D eigenvalue weighted by molar-refractivity contribution is -0.127. The summed E-state index contributed by atoms with van der Waals surface area (Å²) in [7, 11) is 0. The Morgan fingerprint density at radius 2 is 1.88 bits per heavy atom. The number of nitriles is 1. The molecule has 0 spiro atoms. The van der Waals surface area contributed by atoms with Crippen LogP contribution in [0.3, 0.4) is 0 Å². The second-order valence-electron chi connectivity index (χ2n) is 5.46. The van der Waals surface area contributed by atoms with Crippen LogP contribution in [0.4, 0.5) is 8.78 Å². The minimum atomic E-state index is -1.05. The number of rotatable bonds is 6. The third kappa shape index (κ3) is 5.11. The molecule has 0 aromatic heterocycles. The molecule has 128 valence electrons. The third-order valence-electron chi connectivity index (χ3n) is 3.52. The van der Waals surface area contributed by atoms with Crippen molar-refractivity contribution >= 4 is 11.8 Å². The minimum absolute atomic E-state index is 0.119. The molecule has 0 bridgehead atoms. The van der Waals surface area contributed by atoms with E-state index in [0.717, 1.165) is 12.1 Å². The summed E-state index contributed by atoms with van der Waals surface area (Å²) in [6.07, 6.45) is -0.104. The Hall–Kier alpha value is -3.27. The van der Waals surface area contributed by atoms with Crippen LogP contribution >= 0.6 is 0 Å². The molecule has 0 aliphatic heterocycles. The lowest BCUT2D eigenvalue weighted by atomic mass is 10.0. The van der Waals surface area contributed by atoms with Crippen molar-refractivity contribution in [1.82, 2.24) is 5.32 Å². The summed E-state index contributed by atoms with van der Waals surface area (Å²) in [5.74, 6) is -3.34. The smallest absolute Gasteiger partial charge is 0.240 e. The molecule has 0 saturated carbocycles. The van der Waals surface area contributed by atoms with Gasteiger partial charge in [-0.25, -0.2) is 8.78 Å². The molecule has 0 unspecified atom stereocenters. The van der Waals surface area contributed by atoms with E-state index in [1.54, 1.807) is 24.3 Å². The zero-order chi connectivity index (χ0) is 18.4. The maximum absolute atomic E-state index is 13.2. The zero-order valence-electron chi connectivity index (χ0n) is 13.1. The predicted octanol–water partition coefficient (Wildman–Crippen LogP) is 1.59. The van der Waals surface area contributed by atoms with Gasteiger partial charge in [0.25, 0.3) is 0 Å². The molecule has 25 heavy (non-hydrogen) atoms. The molecule has 0 heterocycles. The van der Waals surface area contributed by atoms with E-state index in [4.69, 9.17) is 11.0 Å². The molecule has 7 heteroatoms. The van der Waals surface area contributed by atoms with Crippen molar-refractivity contribution in [3.63, 3.8) is 0 Å². The first-order valence-corrected chi connectivity index (χ1v) is 7.40. The number of nitrogens with two attached hydrogens (primary N) is 1. The van der Waals surface area contributed by atoms with Gasteiger partial charge >= 0.3 is 0 Å². The number of nitrogens with one attached hydrogen (secondary N) is 1. The number of carbonyl (C=O) groups excluding carboxylic acids is 2. The highest BCUT2D eigenvalue weighted by Gasteiger charge is 2.19. The van der Waals surface area contributed by atoms with Crippen molar-refractivity contribution < 1.29 is 18.4 Å². The zero-order valence-corrected chi connectivity index (χ0v) is 13.1. The van der Waals surface area contributed by atoms with Crippen LogP contribution in [0.5, 0.6) is 0 Å². The van der Waals surface area contributed by atoms with Crippen LogP contribution in [0.1, 0.15) is 16.7 Å². The minimum Gasteiger partial charge on any atom is -0.368 e. The fraction of sp³-hybridized carbons (Fsp3) is 0.167. The average molecular weight is 343 g/mol. The van der Waals surface area contributed by atoms with Gasteiger partial charge in [-0.05, 0) is 35.4 Å². The van der Waals surface area contributed by atoms with E-state index in [1.807, 2.05) is 6.07 Å². The maximum atomic E-state index is 13.2. The van der Waals surface area contributed by atoms with Gasteiger partial charge < -0.3 is 11.1 Å². The van der Waals surface area contributed by atoms with E-state index < -0.39 is 29.5 Å². The monoisotopic (exact) mass is 343 g/mol. The second kappa shape index (κ2) is 8.02. The number of carbonyl (C=O) groups is 2. The van der Waals surface area contributed by atoms with Crippen molar-refractivity contribution in [1.29, 1.82) is 5.26 Å². The number of halogens is 2. The van der Waals surface area contributed by atoms with Crippen molar-refractivity contribution in [2.75, 3.05) is 0 Å². The SMILES string of the molecule is N#Cc1cccc(C[C@H](NC(=O)Cc2ccc(F)c(F)c2)C(N)=O)c1. The molecule has 2 rings (SSSR count). The number of hydrogen-bond acceptors (Lipinski definition) is 3. The maximum Gasteiger partial charge on any atom is 0.240 e. The summed E-state index contributed by atoms with van der Waals surface area (Å²) in [4.78, 5) is 23.6. The van der Waals surface area contributed by atoms with E-state index in [-0.39, 0.29) is 18.4 Å². The van der Waals surface area contributed by atoms with Crippen LogP contribution in [0.25, 0.3) is 0 Å². The Kier molecular flexibility index (Phi) is 5.79. The summed E-state index contributed by atoms with van der Waals surface area (Å²) >= 11 is 0. The molecule has 0 saturated heterocycles. The Morgan fingerprint density at radius 3 is 2.52 bits per heavy atom. The van der Waals surface area contributed by atoms with Gasteiger partial charge in [-0.3, -0.25) is 9.59 Å². The van der Waals surface area contributed by atoms with Crippen LogP contribution in [0.2, 0.25) is 0 Å². The summed E-state index contributed by atoms with van der Waals surface area (Å²) < 4.78 is 26.1. The van der Waals surface area contributed by atoms with Gasteiger partial charge in [-0.2, -0.15) is 5.26 Å². The molecule has 0 fully saturated rings. The quantitative estimate of drug-likeness (QED) is 0.834. The lowest BCUT2D eigenvalue weighted by Crippen LogP contribution is -2.46. The fourth-order valence-electron chi connectivity index (χ4n) is 2.31. The molecular weight excluding hydrogens is 328 g/mol. The number of primary amides is 1.